The topological polar surface area (TPSA) is 103 Å². The molecule has 45 heavy (non-hydrogen) atoms. The van der Waals surface area contributed by atoms with Crippen LogP contribution in [0.1, 0.15) is 58.8 Å². The highest BCUT2D eigenvalue weighted by molar-refractivity contribution is 6.32. The lowest BCUT2D eigenvalue weighted by atomic mass is 9.90. The molecule has 12 heteroatoms. The Morgan fingerprint density at radius 3 is 2.49 bits per heavy atom. The first kappa shape index (κ1) is 30.8. The van der Waals surface area contributed by atoms with Crippen molar-refractivity contribution in [3.05, 3.63) is 94.3 Å². The van der Waals surface area contributed by atoms with E-state index in [-0.39, 0.29) is 24.2 Å². The number of halogens is 4. The van der Waals surface area contributed by atoms with Gasteiger partial charge in [0.15, 0.2) is 17.3 Å². The Balaban J connectivity index is 1.21. The number of para-hydroxylation sites is 1. The molecular formula is C33H31ClF3N5O3. The van der Waals surface area contributed by atoms with Gasteiger partial charge in [-0.25, -0.2) is 9.67 Å². The summed E-state index contributed by atoms with van der Waals surface area (Å²) in [6.45, 7) is 1.17. The smallest absolute Gasteiger partial charge is 0.434 e. The molecule has 1 amide bonds. The van der Waals surface area contributed by atoms with Gasteiger partial charge in [0.2, 0.25) is 5.91 Å². The fourth-order valence-electron chi connectivity index (χ4n) is 5.74. The lowest BCUT2D eigenvalue weighted by Crippen LogP contribution is -2.39. The van der Waals surface area contributed by atoms with Gasteiger partial charge in [0.1, 0.15) is 12.4 Å². The second kappa shape index (κ2) is 12.6. The van der Waals surface area contributed by atoms with Gasteiger partial charge < -0.3 is 15.4 Å². The van der Waals surface area contributed by atoms with E-state index in [2.05, 4.69) is 22.2 Å². The Kier molecular flexibility index (Phi) is 8.65. The Hall–Kier alpha value is -4.22. The summed E-state index contributed by atoms with van der Waals surface area (Å²) in [7, 11) is 0. The predicted octanol–water partition coefficient (Wildman–Crippen LogP) is 6.44. The van der Waals surface area contributed by atoms with Crippen molar-refractivity contribution in [2.45, 2.75) is 44.4 Å². The zero-order chi connectivity index (χ0) is 31.7. The summed E-state index contributed by atoms with van der Waals surface area (Å²) in [5, 5.41) is 4.13. The van der Waals surface area contributed by atoms with Crippen LogP contribution in [0, 0.1) is 5.92 Å². The van der Waals surface area contributed by atoms with Gasteiger partial charge in [-0.05, 0) is 61.1 Å². The monoisotopic (exact) mass is 637 g/mol. The third-order valence-corrected chi connectivity index (χ3v) is 8.51. The molecule has 1 saturated carbocycles. The number of likely N-dealkylation sites (tertiary alicyclic amines) is 1. The molecule has 8 nitrogen and oxygen atoms in total. The van der Waals surface area contributed by atoms with Crippen molar-refractivity contribution in [1.82, 2.24) is 19.7 Å². The van der Waals surface area contributed by atoms with Crippen LogP contribution >= 0.6 is 11.6 Å². The molecule has 1 aliphatic heterocycles. The number of aromatic nitrogens is 3. The number of piperidine rings is 1. The van der Waals surface area contributed by atoms with Crippen LogP contribution in [-0.2, 0) is 17.6 Å². The molecule has 3 heterocycles. The molecule has 1 aliphatic carbocycles. The van der Waals surface area contributed by atoms with Crippen LogP contribution in [0.2, 0.25) is 5.02 Å². The van der Waals surface area contributed by atoms with Gasteiger partial charge in [0.25, 0.3) is 0 Å². The maximum absolute atomic E-state index is 14.0. The molecule has 234 valence electrons. The highest BCUT2D eigenvalue weighted by Gasteiger charge is 2.40. The number of carbonyl (C=O) groups excluding carboxylic acids is 2. The number of Topliss-reactive ketones (excluding diaryl/α,β-unsaturated/α-hetero) is 1. The van der Waals surface area contributed by atoms with Crippen molar-refractivity contribution in [1.29, 1.82) is 0 Å². The fraction of sp³-hybridized carbons (Fsp3) is 0.333. The molecule has 4 aromatic rings. The first-order chi connectivity index (χ1) is 21.6. The van der Waals surface area contributed by atoms with E-state index in [0.717, 1.165) is 50.5 Å². The van der Waals surface area contributed by atoms with Crippen molar-refractivity contribution < 1.29 is 27.5 Å². The molecule has 0 bridgehead atoms. The van der Waals surface area contributed by atoms with Gasteiger partial charge in [-0.1, -0.05) is 48.0 Å². The number of nitrogens with zero attached hydrogens (tertiary/aromatic N) is 4. The fourth-order valence-corrected chi connectivity index (χ4v) is 5.97. The van der Waals surface area contributed by atoms with E-state index in [9.17, 15) is 22.8 Å². The second-order valence-electron chi connectivity index (χ2n) is 11.4. The van der Waals surface area contributed by atoms with Gasteiger partial charge in [-0.15, -0.1) is 0 Å². The number of alkyl halides is 3. The second-order valence-corrected chi connectivity index (χ2v) is 11.8. The Labute approximate surface area is 262 Å². The molecule has 1 saturated heterocycles. The molecule has 2 fully saturated rings. The largest absolute Gasteiger partial charge is 0.487 e. The van der Waals surface area contributed by atoms with Gasteiger partial charge in [0.05, 0.1) is 29.0 Å². The number of ketones is 1. The maximum Gasteiger partial charge on any atom is 0.434 e. The molecule has 1 atom stereocenters. The zero-order valence-corrected chi connectivity index (χ0v) is 25.0. The number of amides is 1. The standard InChI is InChI=1S/C33H31ClF3N5O3/c34-26-6-1-5-24(27-7-2-8-29(40-27)42-31(33(35,36)37)25(17-39-42)28(43)16-38)30(26)45-19-20-9-11-21(12-10-20)23-4-3-15-41(18-23)32(44)22-13-14-22/h1-2,5-12,17,22-23H,3-4,13-16,18-19,38H2. The highest BCUT2D eigenvalue weighted by Crippen LogP contribution is 2.38. The number of hydrogen-bond acceptors (Lipinski definition) is 6. The highest BCUT2D eigenvalue weighted by atomic mass is 35.5. The summed E-state index contributed by atoms with van der Waals surface area (Å²) in [5.74, 6) is 0.104. The van der Waals surface area contributed by atoms with Gasteiger partial charge >= 0.3 is 6.18 Å². The van der Waals surface area contributed by atoms with E-state index in [0.29, 0.717) is 32.6 Å². The quantitative estimate of drug-likeness (QED) is 0.212. The van der Waals surface area contributed by atoms with Crippen LogP contribution in [0.3, 0.4) is 0 Å². The van der Waals surface area contributed by atoms with Crippen molar-refractivity contribution in [3.8, 4) is 22.8 Å². The molecule has 2 N–H and O–H groups in total. The molecular weight excluding hydrogens is 607 g/mol. The normalized spacial score (nSPS) is 16.9. The van der Waals surface area contributed by atoms with Crippen molar-refractivity contribution in [2.24, 2.45) is 11.7 Å². The van der Waals surface area contributed by atoms with Crippen LogP contribution in [0.15, 0.2) is 66.9 Å². The lowest BCUT2D eigenvalue weighted by Gasteiger charge is -2.33. The van der Waals surface area contributed by atoms with E-state index in [4.69, 9.17) is 22.1 Å². The Morgan fingerprint density at radius 1 is 1.02 bits per heavy atom. The van der Waals surface area contributed by atoms with Crippen molar-refractivity contribution in [2.75, 3.05) is 19.6 Å². The molecule has 2 aliphatic rings. The number of ether oxygens (including phenoxy) is 1. The molecule has 6 rings (SSSR count). The van der Waals surface area contributed by atoms with Crippen LogP contribution in [0.25, 0.3) is 17.1 Å². The third-order valence-electron chi connectivity index (χ3n) is 8.21. The predicted molar refractivity (Wildman–Crippen MR) is 162 cm³/mol. The third kappa shape index (κ3) is 6.60. The number of carbonyl (C=O) groups is 2. The van der Waals surface area contributed by atoms with Gasteiger partial charge in [0, 0.05) is 30.5 Å². The number of nitrogens with two attached hydrogens (primary N) is 1. The van der Waals surface area contributed by atoms with Crippen molar-refractivity contribution in [3.63, 3.8) is 0 Å². The number of hydrogen-bond donors (Lipinski definition) is 1. The molecule has 0 radical (unpaired) electrons. The van der Waals surface area contributed by atoms with E-state index >= 15 is 0 Å². The summed E-state index contributed by atoms with van der Waals surface area (Å²) >= 11 is 6.53. The van der Waals surface area contributed by atoms with Gasteiger partial charge in [-0.3, -0.25) is 9.59 Å². The molecule has 0 spiro atoms. The average Bonchev–Trinajstić information content (AvgIpc) is 3.80. The average molecular weight is 638 g/mol. The molecule has 2 aromatic heterocycles. The Morgan fingerprint density at radius 2 is 1.78 bits per heavy atom. The van der Waals surface area contributed by atoms with E-state index in [1.807, 2.05) is 17.0 Å². The van der Waals surface area contributed by atoms with Crippen LogP contribution in [-0.4, -0.2) is 51.0 Å². The summed E-state index contributed by atoms with van der Waals surface area (Å²) in [6, 6.07) is 17.7. The molecule has 1 unspecified atom stereocenters. The van der Waals surface area contributed by atoms with Crippen LogP contribution < -0.4 is 10.5 Å². The maximum atomic E-state index is 14.0. The minimum Gasteiger partial charge on any atom is -0.487 e. The van der Waals surface area contributed by atoms with Crippen LogP contribution in [0.5, 0.6) is 5.75 Å². The van der Waals surface area contributed by atoms with Gasteiger partial charge in [-0.2, -0.15) is 18.3 Å². The molecule has 2 aromatic carbocycles. The number of benzene rings is 2. The summed E-state index contributed by atoms with van der Waals surface area (Å²) in [6.07, 6.45) is 0.00831. The van der Waals surface area contributed by atoms with Crippen molar-refractivity contribution >= 4 is 23.3 Å². The lowest BCUT2D eigenvalue weighted by molar-refractivity contribution is -0.143. The van der Waals surface area contributed by atoms with E-state index in [1.165, 1.54) is 17.7 Å². The number of rotatable bonds is 9. The summed E-state index contributed by atoms with van der Waals surface area (Å²) in [4.78, 5) is 31.1. The SMILES string of the molecule is NCC(=O)c1cnn(-c2cccc(-c3cccc(Cl)c3OCc3ccc(C4CCCN(C(=O)C5CC5)C4)cc3)n2)c1C(F)(F)F. The Bertz CT molecular complexity index is 1720. The first-order valence-electron chi connectivity index (χ1n) is 14.8. The summed E-state index contributed by atoms with van der Waals surface area (Å²) in [5.41, 5.74) is 6.31. The van der Waals surface area contributed by atoms with E-state index in [1.54, 1.807) is 24.3 Å². The van der Waals surface area contributed by atoms with E-state index < -0.39 is 29.8 Å². The zero-order valence-electron chi connectivity index (χ0n) is 24.3. The first-order valence-corrected chi connectivity index (χ1v) is 15.2. The summed E-state index contributed by atoms with van der Waals surface area (Å²) < 4.78 is 48.8. The number of pyridine rings is 1. The minimum absolute atomic E-state index is 0.141. The minimum atomic E-state index is -4.88. The van der Waals surface area contributed by atoms with Crippen LogP contribution in [0.4, 0.5) is 13.2 Å².